The van der Waals surface area contributed by atoms with E-state index in [9.17, 15) is 9.59 Å². The molecule has 2 aromatic carbocycles. The Labute approximate surface area is 136 Å². The summed E-state index contributed by atoms with van der Waals surface area (Å²) in [5, 5.41) is 0. The van der Waals surface area contributed by atoms with Crippen LogP contribution >= 0.6 is 11.3 Å². The van der Waals surface area contributed by atoms with Crippen molar-refractivity contribution in [2.45, 2.75) is 6.42 Å². The summed E-state index contributed by atoms with van der Waals surface area (Å²) in [5.74, 6) is -0.318. The average Bonchev–Trinajstić information content (AvgIpc) is 3.04. The molecule has 3 rings (SSSR count). The highest BCUT2D eigenvalue weighted by molar-refractivity contribution is 7.16. The summed E-state index contributed by atoms with van der Waals surface area (Å²) in [4.78, 5) is 27.6. The molecule has 1 aromatic heterocycles. The number of hydrogen-bond acceptors (Lipinski definition) is 6. The molecule has 0 spiro atoms. The number of fused-ring (bicyclic) bond motifs is 1. The predicted octanol–water partition coefficient (Wildman–Crippen LogP) is 3.23. The van der Waals surface area contributed by atoms with Crippen LogP contribution in [0.15, 0.2) is 48.0 Å². The highest BCUT2D eigenvalue weighted by atomic mass is 32.1. The van der Waals surface area contributed by atoms with E-state index in [2.05, 4.69) is 9.72 Å². The Bertz CT molecular complexity index is 854. The topological polar surface area (TPSA) is 65.5 Å². The van der Waals surface area contributed by atoms with E-state index >= 15 is 0 Å². The van der Waals surface area contributed by atoms with Gasteiger partial charge in [0.2, 0.25) is 0 Å². The Morgan fingerprint density at radius 1 is 1.13 bits per heavy atom. The summed E-state index contributed by atoms with van der Waals surface area (Å²) in [7, 11) is 1.35. The van der Waals surface area contributed by atoms with Crippen LogP contribution < -0.4 is 4.74 Å². The maximum Gasteiger partial charge on any atom is 0.343 e. The second kappa shape index (κ2) is 6.58. The molecule has 6 heteroatoms. The first-order chi connectivity index (χ1) is 11.2. The Balaban J connectivity index is 1.70. The number of rotatable bonds is 4. The number of thiazole rings is 1. The number of benzene rings is 2. The van der Waals surface area contributed by atoms with E-state index in [1.807, 2.05) is 0 Å². The monoisotopic (exact) mass is 327 g/mol. The van der Waals surface area contributed by atoms with Gasteiger partial charge in [-0.1, -0.05) is 12.1 Å². The fraction of sp³-hybridized carbons (Fsp3) is 0.118. The smallest absolute Gasteiger partial charge is 0.343 e. The first-order valence-corrected chi connectivity index (χ1v) is 7.75. The van der Waals surface area contributed by atoms with E-state index in [4.69, 9.17) is 4.74 Å². The fourth-order valence-corrected chi connectivity index (χ4v) is 2.78. The van der Waals surface area contributed by atoms with Crippen LogP contribution in [0, 0.1) is 0 Å². The van der Waals surface area contributed by atoms with Crippen molar-refractivity contribution in [2.75, 3.05) is 7.11 Å². The van der Waals surface area contributed by atoms with Gasteiger partial charge in [-0.2, -0.15) is 0 Å². The number of esters is 2. The minimum absolute atomic E-state index is 0.187. The molecular weight excluding hydrogens is 314 g/mol. The standard InChI is InChI=1S/C17H13NO4S/c1-21-16(19)8-11-2-5-13(6-3-11)22-17(20)12-4-7-14-15(9-12)23-10-18-14/h2-7,9-10H,8H2,1H3. The molecule has 0 aliphatic carbocycles. The van der Waals surface area contributed by atoms with Gasteiger partial charge in [0.1, 0.15) is 5.75 Å². The van der Waals surface area contributed by atoms with Gasteiger partial charge in [0.25, 0.3) is 0 Å². The molecule has 0 fully saturated rings. The van der Waals surface area contributed by atoms with Crippen LogP contribution in [0.5, 0.6) is 5.75 Å². The van der Waals surface area contributed by atoms with E-state index in [0.29, 0.717) is 11.3 Å². The van der Waals surface area contributed by atoms with Crippen molar-refractivity contribution < 1.29 is 19.1 Å². The number of carbonyl (C=O) groups excluding carboxylic acids is 2. The van der Waals surface area contributed by atoms with Gasteiger partial charge in [-0.15, -0.1) is 11.3 Å². The lowest BCUT2D eigenvalue weighted by molar-refractivity contribution is -0.139. The Hall–Kier alpha value is -2.73. The lowest BCUT2D eigenvalue weighted by Crippen LogP contribution is -2.08. The molecule has 116 valence electrons. The number of ether oxygens (including phenoxy) is 2. The van der Waals surface area contributed by atoms with Gasteiger partial charge in [0.05, 0.1) is 34.8 Å². The molecule has 0 atom stereocenters. The highest BCUT2D eigenvalue weighted by Crippen LogP contribution is 2.21. The Morgan fingerprint density at radius 3 is 2.65 bits per heavy atom. The number of nitrogens with zero attached hydrogens (tertiary/aromatic N) is 1. The second-order valence-electron chi connectivity index (χ2n) is 4.82. The molecule has 0 aliphatic rings. The first kappa shape index (κ1) is 15.2. The third kappa shape index (κ3) is 3.54. The summed E-state index contributed by atoms with van der Waals surface area (Å²) in [6.45, 7) is 0. The molecule has 0 bridgehead atoms. The van der Waals surface area contributed by atoms with Gasteiger partial charge >= 0.3 is 11.9 Å². The molecule has 0 unspecified atom stereocenters. The third-order valence-electron chi connectivity index (χ3n) is 3.28. The summed E-state index contributed by atoms with van der Waals surface area (Å²) in [5.41, 5.74) is 3.86. The van der Waals surface area contributed by atoms with Crippen molar-refractivity contribution in [1.29, 1.82) is 0 Å². The van der Waals surface area contributed by atoms with Gasteiger partial charge in [-0.05, 0) is 35.9 Å². The molecule has 0 amide bonds. The lowest BCUT2D eigenvalue weighted by Gasteiger charge is -2.05. The molecular formula is C17H13NO4S. The summed E-state index contributed by atoms with van der Waals surface area (Å²) < 4.78 is 10.9. The zero-order valence-electron chi connectivity index (χ0n) is 12.3. The molecule has 0 saturated heterocycles. The predicted molar refractivity (Wildman–Crippen MR) is 86.7 cm³/mol. The van der Waals surface area contributed by atoms with Crippen LogP contribution in [0.3, 0.4) is 0 Å². The molecule has 0 radical (unpaired) electrons. The molecule has 0 aliphatic heterocycles. The van der Waals surface area contributed by atoms with Crippen molar-refractivity contribution in [2.24, 2.45) is 0 Å². The molecule has 3 aromatic rings. The minimum atomic E-state index is -0.430. The SMILES string of the molecule is COC(=O)Cc1ccc(OC(=O)c2ccc3ncsc3c2)cc1. The van der Waals surface area contributed by atoms with E-state index < -0.39 is 5.97 Å². The van der Waals surface area contributed by atoms with Crippen LogP contribution in [0.2, 0.25) is 0 Å². The van der Waals surface area contributed by atoms with Gasteiger partial charge in [0.15, 0.2) is 0 Å². The Morgan fingerprint density at radius 2 is 1.91 bits per heavy atom. The van der Waals surface area contributed by atoms with E-state index in [-0.39, 0.29) is 12.4 Å². The van der Waals surface area contributed by atoms with Crippen LogP contribution in [-0.4, -0.2) is 24.0 Å². The quantitative estimate of drug-likeness (QED) is 0.544. The first-order valence-electron chi connectivity index (χ1n) is 6.87. The van der Waals surface area contributed by atoms with Crippen LogP contribution in [-0.2, 0) is 16.0 Å². The van der Waals surface area contributed by atoms with Crippen molar-refractivity contribution >= 4 is 33.5 Å². The summed E-state index contributed by atoms with van der Waals surface area (Å²) in [6.07, 6.45) is 0.187. The van der Waals surface area contributed by atoms with E-state index in [1.165, 1.54) is 18.4 Å². The molecule has 1 heterocycles. The van der Waals surface area contributed by atoms with Crippen molar-refractivity contribution in [3.63, 3.8) is 0 Å². The van der Waals surface area contributed by atoms with E-state index in [0.717, 1.165) is 15.8 Å². The maximum atomic E-state index is 12.2. The maximum absolute atomic E-state index is 12.2. The molecule has 0 saturated carbocycles. The van der Waals surface area contributed by atoms with Crippen LogP contribution in [0.1, 0.15) is 15.9 Å². The lowest BCUT2D eigenvalue weighted by atomic mass is 10.1. The normalized spacial score (nSPS) is 10.5. The van der Waals surface area contributed by atoms with Crippen LogP contribution in [0.25, 0.3) is 10.2 Å². The molecule has 0 N–H and O–H groups in total. The van der Waals surface area contributed by atoms with Gasteiger partial charge in [0, 0.05) is 0 Å². The highest BCUT2D eigenvalue weighted by Gasteiger charge is 2.11. The van der Waals surface area contributed by atoms with Crippen molar-refractivity contribution in [1.82, 2.24) is 4.98 Å². The number of hydrogen-bond donors (Lipinski definition) is 0. The van der Waals surface area contributed by atoms with Gasteiger partial charge < -0.3 is 9.47 Å². The zero-order valence-corrected chi connectivity index (χ0v) is 13.1. The largest absolute Gasteiger partial charge is 0.469 e. The Kier molecular flexibility index (Phi) is 4.34. The minimum Gasteiger partial charge on any atom is -0.469 e. The van der Waals surface area contributed by atoms with Gasteiger partial charge in [-0.25, -0.2) is 9.78 Å². The second-order valence-corrected chi connectivity index (χ2v) is 5.71. The third-order valence-corrected chi connectivity index (χ3v) is 4.07. The fourth-order valence-electron chi connectivity index (χ4n) is 2.06. The van der Waals surface area contributed by atoms with E-state index in [1.54, 1.807) is 48.0 Å². The molecule has 23 heavy (non-hydrogen) atoms. The van der Waals surface area contributed by atoms with Gasteiger partial charge in [-0.3, -0.25) is 4.79 Å². The van der Waals surface area contributed by atoms with Crippen LogP contribution in [0.4, 0.5) is 0 Å². The number of aromatic nitrogens is 1. The zero-order chi connectivity index (χ0) is 16.2. The number of methoxy groups -OCH3 is 1. The van der Waals surface area contributed by atoms with Crippen molar-refractivity contribution in [3.05, 3.63) is 59.1 Å². The molecule has 5 nitrogen and oxygen atoms in total. The number of carbonyl (C=O) groups is 2. The summed E-state index contributed by atoms with van der Waals surface area (Å²) >= 11 is 1.47. The van der Waals surface area contributed by atoms with Crippen molar-refractivity contribution in [3.8, 4) is 5.75 Å². The average molecular weight is 327 g/mol. The summed E-state index contributed by atoms with van der Waals surface area (Å²) in [6, 6.07) is 12.0.